The van der Waals surface area contributed by atoms with Crippen LogP contribution in [0.15, 0.2) is 36.4 Å². The van der Waals surface area contributed by atoms with Crippen molar-refractivity contribution in [3.8, 4) is 11.5 Å². The van der Waals surface area contributed by atoms with Gasteiger partial charge in [0.1, 0.15) is 30.6 Å². The minimum Gasteiger partial charge on any atom is -0.489 e. The zero-order valence-electron chi connectivity index (χ0n) is 19.5. The van der Waals surface area contributed by atoms with Crippen LogP contribution in [-0.2, 0) is 25.2 Å². The second-order valence-electron chi connectivity index (χ2n) is 10.00. The van der Waals surface area contributed by atoms with Crippen molar-refractivity contribution >= 4 is 11.9 Å². The Bertz CT molecular complexity index is 978. The van der Waals surface area contributed by atoms with E-state index in [1.54, 1.807) is 0 Å². The average molecular weight is 425 g/mol. The molecule has 1 heterocycles. The first kappa shape index (κ1) is 22.9. The van der Waals surface area contributed by atoms with Crippen LogP contribution in [0.2, 0.25) is 0 Å². The number of carbonyl (C=O) groups is 2. The van der Waals surface area contributed by atoms with Crippen molar-refractivity contribution < 1.29 is 23.8 Å². The van der Waals surface area contributed by atoms with E-state index in [0.717, 1.165) is 22.3 Å². The number of fused-ring (bicyclic) bond motifs is 1. The summed E-state index contributed by atoms with van der Waals surface area (Å²) in [5.41, 5.74) is 3.13. The number of ether oxygens (including phenoxy) is 3. The van der Waals surface area contributed by atoms with Crippen LogP contribution < -0.4 is 9.47 Å². The average Bonchev–Trinajstić information content (AvgIpc) is 3.00. The highest BCUT2D eigenvalue weighted by atomic mass is 16.6. The number of hydrogen-bond acceptors (Lipinski definition) is 5. The predicted octanol–water partition coefficient (Wildman–Crippen LogP) is 5.27. The molecule has 0 saturated heterocycles. The monoisotopic (exact) mass is 424 g/mol. The van der Waals surface area contributed by atoms with E-state index in [-0.39, 0.29) is 36.0 Å². The summed E-state index contributed by atoms with van der Waals surface area (Å²) in [6.45, 7) is 14.4. The maximum absolute atomic E-state index is 13.1. The number of rotatable bonds is 5. The summed E-state index contributed by atoms with van der Waals surface area (Å²) < 4.78 is 17.2. The Morgan fingerprint density at radius 2 is 1.58 bits per heavy atom. The SMILES string of the molecule is CC(=O)OCCOc1c(C(C)(C)C)cc(C(C)(C)C)c2c1C(c1ccccc1)C(=O)O2. The van der Waals surface area contributed by atoms with Crippen molar-refractivity contribution in [3.05, 3.63) is 58.7 Å². The molecule has 1 aliphatic heterocycles. The maximum atomic E-state index is 13.1. The standard InChI is InChI=1S/C26H32O5/c1-16(27)29-13-14-30-22-18(25(2,3)4)15-19(26(5,6)7)23-21(22)20(24(28)31-23)17-11-9-8-10-12-17/h8-12,15,20H,13-14H2,1-7H3. The van der Waals surface area contributed by atoms with E-state index in [1.807, 2.05) is 30.3 Å². The van der Waals surface area contributed by atoms with Crippen LogP contribution in [0.1, 0.15) is 76.6 Å². The normalized spacial score (nSPS) is 16.0. The van der Waals surface area contributed by atoms with Gasteiger partial charge in [0.05, 0.1) is 5.56 Å². The summed E-state index contributed by atoms with van der Waals surface area (Å²) >= 11 is 0. The lowest BCUT2D eigenvalue weighted by molar-refractivity contribution is -0.141. The van der Waals surface area contributed by atoms with Gasteiger partial charge in [-0.05, 0) is 22.5 Å². The lowest BCUT2D eigenvalue weighted by Crippen LogP contribution is -2.21. The summed E-state index contributed by atoms with van der Waals surface area (Å²) in [5.74, 6) is 0.00347. The molecule has 1 atom stereocenters. The van der Waals surface area contributed by atoms with E-state index < -0.39 is 5.92 Å². The fraction of sp³-hybridized carbons (Fsp3) is 0.462. The molecule has 31 heavy (non-hydrogen) atoms. The number of hydrogen-bond donors (Lipinski definition) is 0. The van der Waals surface area contributed by atoms with Crippen LogP contribution in [-0.4, -0.2) is 25.2 Å². The fourth-order valence-corrected chi connectivity index (χ4v) is 3.87. The molecule has 0 bridgehead atoms. The summed E-state index contributed by atoms with van der Waals surface area (Å²) in [7, 11) is 0. The van der Waals surface area contributed by atoms with Crippen LogP contribution in [0.3, 0.4) is 0 Å². The molecule has 0 amide bonds. The smallest absolute Gasteiger partial charge is 0.323 e. The van der Waals surface area contributed by atoms with Crippen molar-refractivity contribution in [2.75, 3.05) is 13.2 Å². The lowest BCUT2D eigenvalue weighted by Gasteiger charge is -2.30. The van der Waals surface area contributed by atoms with Crippen molar-refractivity contribution in [1.29, 1.82) is 0 Å². The van der Waals surface area contributed by atoms with Gasteiger partial charge in [-0.1, -0.05) is 71.9 Å². The fourth-order valence-electron chi connectivity index (χ4n) is 3.87. The zero-order chi connectivity index (χ0) is 23.0. The molecular formula is C26H32O5. The van der Waals surface area contributed by atoms with E-state index in [1.165, 1.54) is 6.92 Å². The summed E-state index contributed by atoms with van der Waals surface area (Å²) in [5, 5.41) is 0. The van der Waals surface area contributed by atoms with Gasteiger partial charge in [0.2, 0.25) is 0 Å². The highest BCUT2D eigenvalue weighted by Gasteiger charge is 2.43. The van der Waals surface area contributed by atoms with Crippen molar-refractivity contribution in [3.63, 3.8) is 0 Å². The third-order valence-corrected chi connectivity index (χ3v) is 5.38. The molecule has 0 radical (unpaired) electrons. The Labute approximate surface area is 184 Å². The molecule has 0 aliphatic carbocycles. The second kappa shape index (κ2) is 8.37. The van der Waals surface area contributed by atoms with E-state index >= 15 is 0 Å². The maximum Gasteiger partial charge on any atom is 0.323 e. The number of carbonyl (C=O) groups excluding carboxylic acids is 2. The van der Waals surface area contributed by atoms with Crippen molar-refractivity contribution in [1.82, 2.24) is 0 Å². The van der Waals surface area contributed by atoms with Gasteiger partial charge in [-0.15, -0.1) is 0 Å². The van der Waals surface area contributed by atoms with Crippen LogP contribution in [0.4, 0.5) is 0 Å². The van der Waals surface area contributed by atoms with Crippen LogP contribution in [0.5, 0.6) is 11.5 Å². The molecule has 3 rings (SSSR count). The molecule has 2 aromatic rings. The molecular weight excluding hydrogens is 392 g/mol. The van der Waals surface area contributed by atoms with E-state index in [9.17, 15) is 9.59 Å². The predicted molar refractivity (Wildman–Crippen MR) is 120 cm³/mol. The largest absolute Gasteiger partial charge is 0.489 e. The first-order valence-electron chi connectivity index (χ1n) is 10.7. The zero-order valence-corrected chi connectivity index (χ0v) is 19.5. The Morgan fingerprint density at radius 1 is 0.968 bits per heavy atom. The quantitative estimate of drug-likeness (QED) is 0.371. The Balaban J connectivity index is 2.24. The van der Waals surface area contributed by atoms with Crippen LogP contribution >= 0.6 is 0 Å². The molecule has 5 nitrogen and oxygen atoms in total. The van der Waals surface area contributed by atoms with Gasteiger partial charge in [0, 0.05) is 18.1 Å². The topological polar surface area (TPSA) is 61.8 Å². The molecule has 2 aromatic carbocycles. The van der Waals surface area contributed by atoms with Gasteiger partial charge in [0.15, 0.2) is 0 Å². The van der Waals surface area contributed by atoms with E-state index in [2.05, 4.69) is 47.6 Å². The minimum atomic E-state index is -0.566. The van der Waals surface area contributed by atoms with Gasteiger partial charge >= 0.3 is 11.9 Å². The highest BCUT2D eigenvalue weighted by Crippen LogP contribution is 2.52. The Hall–Kier alpha value is -2.82. The van der Waals surface area contributed by atoms with Crippen molar-refractivity contribution in [2.24, 2.45) is 0 Å². The molecule has 0 aromatic heterocycles. The highest BCUT2D eigenvalue weighted by molar-refractivity contribution is 5.92. The van der Waals surface area contributed by atoms with Gasteiger partial charge in [-0.25, -0.2) is 0 Å². The van der Waals surface area contributed by atoms with E-state index in [0.29, 0.717) is 11.5 Å². The first-order valence-corrected chi connectivity index (χ1v) is 10.7. The number of benzene rings is 2. The lowest BCUT2D eigenvalue weighted by atomic mass is 9.76. The summed E-state index contributed by atoms with van der Waals surface area (Å²) in [6, 6.07) is 11.7. The third-order valence-electron chi connectivity index (χ3n) is 5.38. The number of esters is 2. The summed E-state index contributed by atoms with van der Waals surface area (Å²) in [6.07, 6.45) is 0. The Morgan fingerprint density at radius 3 is 2.13 bits per heavy atom. The van der Waals surface area contributed by atoms with Gasteiger partial charge in [0.25, 0.3) is 0 Å². The van der Waals surface area contributed by atoms with Crippen LogP contribution in [0.25, 0.3) is 0 Å². The third kappa shape index (κ3) is 4.76. The molecule has 166 valence electrons. The first-order chi connectivity index (χ1) is 14.4. The molecule has 0 fully saturated rings. The molecule has 5 heteroatoms. The summed E-state index contributed by atoms with van der Waals surface area (Å²) in [4.78, 5) is 24.3. The van der Waals surface area contributed by atoms with Crippen LogP contribution in [0, 0.1) is 0 Å². The van der Waals surface area contributed by atoms with Gasteiger partial charge < -0.3 is 14.2 Å². The molecule has 0 N–H and O–H groups in total. The van der Waals surface area contributed by atoms with E-state index in [4.69, 9.17) is 14.2 Å². The van der Waals surface area contributed by atoms with Gasteiger partial charge in [-0.3, -0.25) is 9.59 Å². The molecule has 0 spiro atoms. The van der Waals surface area contributed by atoms with Gasteiger partial charge in [-0.2, -0.15) is 0 Å². The van der Waals surface area contributed by atoms with Crippen molar-refractivity contribution in [2.45, 2.75) is 65.2 Å². The minimum absolute atomic E-state index is 0.138. The molecule has 1 aliphatic rings. The Kier molecular flexibility index (Phi) is 6.17. The molecule has 0 saturated carbocycles. The molecule has 1 unspecified atom stereocenters. The second-order valence-corrected chi connectivity index (χ2v) is 10.00.